The molecule has 0 aliphatic carbocycles. The first kappa shape index (κ1) is 13.4. The normalized spacial score (nSPS) is 13.2. The summed E-state index contributed by atoms with van der Waals surface area (Å²) in [4.78, 5) is 0. The smallest absolute Gasteiger partial charge is 0.0491 e. The lowest BCUT2D eigenvalue weighted by Crippen LogP contribution is -2.06. The zero-order valence-electron chi connectivity index (χ0n) is 9.02. The van der Waals surface area contributed by atoms with Gasteiger partial charge in [-0.25, -0.2) is 0 Å². The average molecular weight is 251 g/mol. The van der Waals surface area contributed by atoms with E-state index in [2.05, 4.69) is 29.8 Å². The molecule has 0 saturated heterocycles. The summed E-state index contributed by atoms with van der Waals surface area (Å²) in [6.07, 6.45) is 6.33. The van der Waals surface area contributed by atoms with E-state index in [1.165, 1.54) is 32.1 Å². The third kappa shape index (κ3) is 10.4. The van der Waals surface area contributed by atoms with Crippen LogP contribution < -0.4 is 0 Å². The highest BCUT2D eigenvalue weighted by Gasteiger charge is 1.99. The number of unbranched alkanes of at least 4 members (excludes halogenated alkanes) is 2. The molecule has 0 spiro atoms. The summed E-state index contributed by atoms with van der Waals surface area (Å²) >= 11 is 3.42. The summed E-state index contributed by atoms with van der Waals surface area (Å²) in [6, 6.07) is 0. The van der Waals surface area contributed by atoms with Crippen molar-refractivity contribution in [3.8, 4) is 0 Å². The lowest BCUT2D eigenvalue weighted by atomic mass is 10.1. The first-order valence-corrected chi connectivity index (χ1v) is 6.57. The van der Waals surface area contributed by atoms with Gasteiger partial charge >= 0.3 is 0 Å². The van der Waals surface area contributed by atoms with Crippen LogP contribution in [0, 0.1) is 5.92 Å². The van der Waals surface area contributed by atoms with Gasteiger partial charge in [-0.3, -0.25) is 0 Å². The van der Waals surface area contributed by atoms with Gasteiger partial charge < -0.3 is 4.74 Å². The molecule has 0 saturated carbocycles. The summed E-state index contributed by atoms with van der Waals surface area (Å²) in [5, 5.41) is 1.12. The highest BCUT2D eigenvalue weighted by Crippen LogP contribution is 2.06. The summed E-state index contributed by atoms with van der Waals surface area (Å²) in [6.45, 7) is 6.39. The molecular weight excluding hydrogens is 228 g/mol. The molecule has 0 aliphatic heterocycles. The van der Waals surface area contributed by atoms with Crippen molar-refractivity contribution in [3.63, 3.8) is 0 Å². The Bertz CT molecular complexity index is 96.1. The first-order valence-electron chi connectivity index (χ1n) is 5.45. The Balaban J connectivity index is 2.97. The minimum Gasteiger partial charge on any atom is -0.381 e. The number of rotatable bonds is 9. The van der Waals surface area contributed by atoms with Gasteiger partial charge in [-0.05, 0) is 25.2 Å². The molecule has 0 bridgehead atoms. The van der Waals surface area contributed by atoms with Gasteiger partial charge in [-0.2, -0.15) is 0 Å². The molecule has 0 radical (unpaired) electrons. The first-order chi connectivity index (χ1) is 6.31. The van der Waals surface area contributed by atoms with E-state index in [1.54, 1.807) is 0 Å². The molecule has 0 amide bonds. The zero-order chi connectivity index (χ0) is 9.94. The number of ether oxygens (including phenoxy) is 1. The van der Waals surface area contributed by atoms with Crippen LogP contribution >= 0.6 is 15.9 Å². The SMILES string of the molecule is CCCC(C)COCCCCCBr. The molecule has 0 fully saturated rings. The molecule has 1 unspecified atom stereocenters. The van der Waals surface area contributed by atoms with Crippen LogP contribution in [0.15, 0.2) is 0 Å². The summed E-state index contributed by atoms with van der Waals surface area (Å²) in [7, 11) is 0. The van der Waals surface area contributed by atoms with Crippen molar-refractivity contribution in [2.24, 2.45) is 5.92 Å². The van der Waals surface area contributed by atoms with Crippen LogP contribution in [0.4, 0.5) is 0 Å². The molecule has 0 aliphatic rings. The third-order valence-electron chi connectivity index (χ3n) is 2.11. The van der Waals surface area contributed by atoms with Crippen LogP contribution in [-0.2, 0) is 4.74 Å². The largest absolute Gasteiger partial charge is 0.381 e. The number of halogens is 1. The topological polar surface area (TPSA) is 9.23 Å². The molecular formula is C11H23BrO. The Morgan fingerprint density at radius 1 is 1.23 bits per heavy atom. The van der Waals surface area contributed by atoms with Crippen molar-refractivity contribution in [1.29, 1.82) is 0 Å². The van der Waals surface area contributed by atoms with Crippen molar-refractivity contribution >= 4 is 15.9 Å². The van der Waals surface area contributed by atoms with Crippen molar-refractivity contribution in [3.05, 3.63) is 0 Å². The van der Waals surface area contributed by atoms with Gasteiger partial charge in [0, 0.05) is 18.5 Å². The van der Waals surface area contributed by atoms with Crippen molar-refractivity contribution in [2.75, 3.05) is 18.5 Å². The number of hydrogen-bond donors (Lipinski definition) is 0. The van der Waals surface area contributed by atoms with E-state index >= 15 is 0 Å². The second kappa shape index (κ2) is 10.5. The third-order valence-corrected chi connectivity index (χ3v) is 2.67. The van der Waals surface area contributed by atoms with E-state index in [-0.39, 0.29) is 0 Å². The monoisotopic (exact) mass is 250 g/mol. The minimum absolute atomic E-state index is 0.737. The second-order valence-electron chi connectivity index (χ2n) is 3.72. The lowest BCUT2D eigenvalue weighted by molar-refractivity contribution is 0.0986. The van der Waals surface area contributed by atoms with Crippen LogP contribution in [0.3, 0.4) is 0 Å². The zero-order valence-corrected chi connectivity index (χ0v) is 10.6. The molecule has 0 aromatic heterocycles. The molecule has 0 aromatic rings. The predicted octanol–water partition coefficient (Wildman–Crippen LogP) is 4.00. The van der Waals surface area contributed by atoms with Crippen LogP contribution in [0.5, 0.6) is 0 Å². The fourth-order valence-corrected chi connectivity index (χ4v) is 1.73. The number of hydrogen-bond acceptors (Lipinski definition) is 1. The maximum atomic E-state index is 5.58. The highest BCUT2D eigenvalue weighted by atomic mass is 79.9. The van der Waals surface area contributed by atoms with E-state index in [9.17, 15) is 0 Å². The molecule has 13 heavy (non-hydrogen) atoms. The maximum absolute atomic E-state index is 5.58. The Labute approximate surface area is 91.4 Å². The Morgan fingerprint density at radius 2 is 2.00 bits per heavy atom. The van der Waals surface area contributed by atoms with Crippen molar-refractivity contribution in [1.82, 2.24) is 0 Å². The van der Waals surface area contributed by atoms with Gasteiger partial charge in [0.2, 0.25) is 0 Å². The molecule has 0 aromatic carbocycles. The Hall–Kier alpha value is 0.440. The summed E-state index contributed by atoms with van der Waals surface area (Å²) < 4.78 is 5.58. The van der Waals surface area contributed by atoms with Crippen LogP contribution in [0.25, 0.3) is 0 Å². The van der Waals surface area contributed by atoms with E-state index in [1.807, 2.05) is 0 Å². The predicted molar refractivity (Wildman–Crippen MR) is 62.5 cm³/mol. The van der Waals surface area contributed by atoms with Gasteiger partial charge in [0.1, 0.15) is 0 Å². The van der Waals surface area contributed by atoms with E-state index in [4.69, 9.17) is 4.74 Å². The van der Waals surface area contributed by atoms with Crippen molar-refractivity contribution in [2.45, 2.75) is 46.0 Å². The van der Waals surface area contributed by atoms with E-state index in [0.717, 1.165) is 24.5 Å². The lowest BCUT2D eigenvalue weighted by Gasteiger charge is -2.10. The molecule has 0 N–H and O–H groups in total. The molecule has 80 valence electrons. The molecule has 1 nitrogen and oxygen atoms in total. The second-order valence-corrected chi connectivity index (χ2v) is 4.51. The fraction of sp³-hybridized carbons (Fsp3) is 1.00. The van der Waals surface area contributed by atoms with Crippen LogP contribution in [0.2, 0.25) is 0 Å². The number of alkyl halides is 1. The summed E-state index contributed by atoms with van der Waals surface area (Å²) in [5.74, 6) is 0.737. The Kier molecular flexibility index (Phi) is 10.9. The Morgan fingerprint density at radius 3 is 2.62 bits per heavy atom. The fourth-order valence-electron chi connectivity index (χ4n) is 1.34. The molecule has 2 heteroatoms. The van der Waals surface area contributed by atoms with Crippen LogP contribution in [-0.4, -0.2) is 18.5 Å². The van der Waals surface area contributed by atoms with Gasteiger partial charge in [-0.1, -0.05) is 42.6 Å². The maximum Gasteiger partial charge on any atom is 0.0491 e. The summed E-state index contributed by atoms with van der Waals surface area (Å²) in [5.41, 5.74) is 0. The molecule has 1 atom stereocenters. The van der Waals surface area contributed by atoms with Crippen molar-refractivity contribution < 1.29 is 4.74 Å². The van der Waals surface area contributed by atoms with Gasteiger partial charge in [0.05, 0.1) is 0 Å². The average Bonchev–Trinajstić information content (AvgIpc) is 2.11. The van der Waals surface area contributed by atoms with Crippen LogP contribution in [0.1, 0.15) is 46.0 Å². The molecule has 0 heterocycles. The minimum atomic E-state index is 0.737. The van der Waals surface area contributed by atoms with Gasteiger partial charge in [-0.15, -0.1) is 0 Å². The quantitative estimate of drug-likeness (QED) is 0.444. The van der Waals surface area contributed by atoms with E-state index in [0.29, 0.717) is 0 Å². The highest BCUT2D eigenvalue weighted by molar-refractivity contribution is 9.09. The van der Waals surface area contributed by atoms with Gasteiger partial charge in [0.15, 0.2) is 0 Å². The molecule has 0 rings (SSSR count). The van der Waals surface area contributed by atoms with Gasteiger partial charge in [0.25, 0.3) is 0 Å². The van der Waals surface area contributed by atoms with E-state index < -0.39 is 0 Å². The standard InChI is InChI=1S/C11H23BrO/c1-3-7-11(2)10-13-9-6-4-5-8-12/h11H,3-10H2,1-2H3.